The summed E-state index contributed by atoms with van der Waals surface area (Å²) >= 11 is 0. The molecule has 2 rings (SSSR count). The molecule has 6 heteroatoms. The monoisotopic (exact) mass is 297 g/mol. The molecular formula is C14H23N3O2S. The molecule has 0 aromatic heterocycles. The number of nitrogens with zero attached hydrogens (tertiary/aromatic N) is 1. The van der Waals surface area contributed by atoms with Crippen LogP contribution in [0.1, 0.15) is 29.7 Å². The highest BCUT2D eigenvalue weighted by Gasteiger charge is 2.26. The normalized spacial score (nSPS) is 18.9. The number of piperazine rings is 1. The van der Waals surface area contributed by atoms with E-state index < -0.39 is 10.2 Å². The molecule has 0 saturated carbocycles. The highest BCUT2D eigenvalue weighted by Crippen LogP contribution is 2.20. The summed E-state index contributed by atoms with van der Waals surface area (Å²) < 4.78 is 29.0. The lowest BCUT2D eigenvalue weighted by atomic mass is 10.0. The predicted octanol–water partition coefficient (Wildman–Crippen LogP) is 1.10. The second-order valence-corrected chi connectivity index (χ2v) is 7.06. The van der Waals surface area contributed by atoms with E-state index in [0.29, 0.717) is 26.2 Å². The molecule has 1 heterocycles. The minimum absolute atomic E-state index is 0.227. The van der Waals surface area contributed by atoms with Gasteiger partial charge in [-0.3, -0.25) is 0 Å². The molecule has 1 fully saturated rings. The summed E-state index contributed by atoms with van der Waals surface area (Å²) in [6.07, 6.45) is 0. The second-order valence-electron chi connectivity index (χ2n) is 5.35. The standard InChI is InChI=1S/C14H23N3O2S/c1-11-4-5-12(2)14(10-11)13(3)16-20(18,19)17-8-6-15-7-9-17/h4-5,10,13,15-16H,6-9H2,1-3H3. The summed E-state index contributed by atoms with van der Waals surface area (Å²) in [4.78, 5) is 0. The van der Waals surface area contributed by atoms with Crippen molar-refractivity contribution >= 4 is 10.2 Å². The van der Waals surface area contributed by atoms with E-state index in [1.165, 1.54) is 4.31 Å². The summed E-state index contributed by atoms with van der Waals surface area (Å²) in [6.45, 7) is 8.37. The number of rotatable bonds is 4. The Morgan fingerprint density at radius 3 is 2.55 bits per heavy atom. The van der Waals surface area contributed by atoms with Crippen LogP contribution < -0.4 is 10.0 Å². The number of aryl methyl sites for hydroxylation is 2. The maximum absolute atomic E-state index is 12.4. The number of hydrogen-bond acceptors (Lipinski definition) is 3. The molecule has 0 radical (unpaired) electrons. The molecule has 20 heavy (non-hydrogen) atoms. The van der Waals surface area contributed by atoms with Gasteiger partial charge in [0.1, 0.15) is 0 Å². The molecule has 1 unspecified atom stereocenters. The van der Waals surface area contributed by atoms with E-state index in [9.17, 15) is 8.42 Å². The molecule has 1 aromatic carbocycles. The third-order valence-electron chi connectivity index (χ3n) is 3.64. The van der Waals surface area contributed by atoms with Crippen LogP contribution in [0.4, 0.5) is 0 Å². The van der Waals surface area contributed by atoms with E-state index in [-0.39, 0.29) is 6.04 Å². The average molecular weight is 297 g/mol. The quantitative estimate of drug-likeness (QED) is 0.875. The topological polar surface area (TPSA) is 61.4 Å². The van der Waals surface area contributed by atoms with Gasteiger partial charge < -0.3 is 5.32 Å². The molecule has 5 nitrogen and oxygen atoms in total. The van der Waals surface area contributed by atoms with Gasteiger partial charge in [0.2, 0.25) is 0 Å². The van der Waals surface area contributed by atoms with E-state index in [0.717, 1.165) is 16.7 Å². The van der Waals surface area contributed by atoms with Crippen LogP contribution in [0.25, 0.3) is 0 Å². The Labute approximate surface area is 121 Å². The Hall–Kier alpha value is -0.950. The van der Waals surface area contributed by atoms with Crippen molar-refractivity contribution in [2.24, 2.45) is 0 Å². The Bertz CT molecular complexity index is 566. The first-order valence-corrected chi connectivity index (χ1v) is 8.39. The summed E-state index contributed by atoms with van der Waals surface area (Å²) in [6, 6.07) is 5.88. The third-order valence-corrected chi connectivity index (χ3v) is 5.34. The smallest absolute Gasteiger partial charge is 0.280 e. The molecular weight excluding hydrogens is 274 g/mol. The fourth-order valence-corrected chi connectivity index (χ4v) is 3.86. The number of nitrogens with one attached hydrogen (secondary N) is 2. The Morgan fingerprint density at radius 1 is 1.25 bits per heavy atom. The maximum atomic E-state index is 12.4. The Balaban J connectivity index is 2.13. The van der Waals surface area contributed by atoms with Crippen LogP contribution in [0.15, 0.2) is 18.2 Å². The van der Waals surface area contributed by atoms with E-state index in [4.69, 9.17) is 0 Å². The molecule has 1 aliphatic heterocycles. The number of hydrogen-bond donors (Lipinski definition) is 2. The van der Waals surface area contributed by atoms with Crippen molar-refractivity contribution in [1.82, 2.24) is 14.3 Å². The molecule has 1 aromatic rings. The van der Waals surface area contributed by atoms with Crippen molar-refractivity contribution in [1.29, 1.82) is 0 Å². The van der Waals surface area contributed by atoms with Gasteiger partial charge in [0.25, 0.3) is 10.2 Å². The lowest BCUT2D eigenvalue weighted by molar-refractivity contribution is 0.352. The van der Waals surface area contributed by atoms with E-state index in [1.54, 1.807) is 0 Å². The van der Waals surface area contributed by atoms with Gasteiger partial charge in [-0.2, -0.15) is 17.4 Å². The Kier molecular flexibility index (Phi) is 4.80. The fourth-order valence-electron chi connectivity index (χ4n) is 2.47. The molecule has 112 valence electrons. The molecule has 0 spiro atoms. The van der Waals surface area contributed by atoms with Crippen molar-refractivity contribution < 1.29 is 8.42 Å². The van der Waals surface area contributed by atoms with Gasteiger partial charge >= 0.3 is 0 Å². The fraction of sp³-hybridized carbons (Fsp3) is 0.571. The SMILES string of the molecule is Cc1ccc(C)c(C(C)NS(=O)(=O)N2CCNCC2)c1. The molecule has 2 N–H and O–H groups in total. The molecule has 1 aliphatic rings. The molecule has 0 bridgehead atoms. The van der Waals surface area contributed by atoms with Gasteiger partial charge in [0, 0.05) is 32.2 Å². The van der Waals surface area contributed by atoms with Crippen LogP contribution in [-0.4, -0.2) is 38.9 Å². The van der Waals surface area contributed by atoms with E-state index in [1.807, 2.05) is 39.0 Å². The zero-order valence-corrected chi connectivity index (χ0v) is 13.1. The lowest BCUT2D eigenvalue weighted by Crippen LogP contribution is -2.50. The minimum atomic E-state index is -3.42. The van der Waals surface area contributed by atoms with Gasteiger partial charge in [0.05, 0.1) is 0 Å². The lowest BCUT2D eigenvalue weighted by Gasteiger charge is -2.28. The summed E-state index contributed by atoms with van der Waals surface area (Å²) in [7, 11) is -3.42. The average Bonchev–Trinajstić information content (AvgIpc) is 2.42. The largest absolute Gasteiger partial charge is 0.314 e. The van der Waals surface area contributed by atoms with Crippen LogP contribution >= 0.6 is 0 Å². The van der Waals surface area contributed by atoms with Gasteiger partial charge in [0.15, 0.2) is 0 Å². The predicted molar refractivity (Wildman–Crippen MR) is 80.8 cm³/mol. The molecule has 0 aliphatic carbocycles. The minimum Gasteiger partial charge on any atom is -0.314 e. The summed E-state index contributed by atoms with van der Waals surface area (Å²) in [5.41, 5.74) is 3.27. The van der Waals surface area contributed by atoms with Crippen molar-refractivity contribution in [3.63, 3.8) is 0 Å². The first kappa shape index (κ1) is 15.4. The van der Waals surface area contributed by atoms with Crippen LogP contribution in [0.5, 0.6) is 0 Å². The van der Waals surface area contributed by atoms with Crippen molar-refractivity contribution in [2.75, 3.05) is 26.2 Å². The summed E-state index contributed by atoms with van der Waals surface area (Å²) in [5.74, 6) is 0. The van der Waals surface area contributed by atoms with Gasteiger partial charge in [-0.05, 0) is 31.9 Å². The van der Waals surface area contributed by atoms with Crippen molar-refractivity contribution in [3.05, 3.63) is 34.9 Å². The van der Waals surface area contributed by atoms with Crippen LogP contribution in [0.3, 0.4) is 0 Å². The Morgan fingerprint density at radius 2 is 1.90 bits per heavy atom. The highest BCUT2D eigenvalue weighted by molar-refractivity contribution is 7.87. The third kappa shape index (κ3) is 3.58. The highest BCUT2D eigenvalue weighted by atomic mass is 32.2. The zero-order valence-electron chi connectivity index (χ0n) is 12.3. The summed E-state index contributed by atoms with van der Waals surface area (Å²) in [5, 5.41) is 3.15. The molecule has 1 atom stereocenters. The van der Waals surface area contributed by atoms with Crippen LogP contribution in [-0.2, 0) is 10.2 Å². The van der Waals surface area contributed by atoms with Crippen LogP contribution in [0, 0.1) is 13.8 Å². The zero-order chi connectivity index (χ0) is 14.8. The molecule has 1 saturated heterocycles. The van der Waals surface area contributed by atoms with E-state index >= 15 is 0 Å². The van der Waals surface area contributed by atoms with Gasteiger partial charge in [-0.15, -0.1) is 0 Å². The van der Waals surface area contributed by atoms with Gasteiger partial charge in [-0.1, -0.05) is 23.8 Å². The van der Waals surface area contributed by atoms with Crippen molar-refractivity contribution in [2.45, 2.75) is 26.8 Å². The first-order valence-electron chi connectivity index (χ1n) is 6.95. The second kappa shape index (κ2) is 6.22. The van der Waals surface area contributed by atoms with Crippen LogP contribution in [0.2, 0.25) is 0 Å². The maximum Gasteiger partial charge on any atom is 0.280 e. The molecule has 0 amide bonds. The first-order chi connectivity index (χ1) is 9.40. The van der Waals surface area contributed by atoms with Crippen molar-refractivity contribution in [3.8, 4) is 0 Å². The number of benzene rings is 1. The van der Waals surface area contributed by atoms with E-state index in [2.05, 4.69) is 10.0 Å². The van der Waals surface area contributed by atoms with Gasteiger partial charge in [-0.25, -0.2) is 0 Å².